The van der Waals surface area contributed by atoms with Gasteiger partial charge in [0.2, 0.25) is 10.0 Å². The number of fused-ring (bicyclic) bond motifs is 1. The van der Waals surface area contributed by atoms with Gasteiger partial charge in [0, 0.05) is 38.2 Å². The first-order chi connectivity index (χ1) is 16.1. The van der Waals surface area contributed by atoms with Crippen LogP contribution in [0.25, 0.3) is 0 Å². The molecular weight excluding hydrogens is 450 g/mol. The fourth-order valence-electron chi connectivity index (χ4n) is 4.36. The maximum atomic E-state index is 13.5. The van der Waals surface area contributed by atoms with Crippen molar-refractivity contribution in [3.8, 4) is 0 Å². The van der Waals surface area contributed by atoms with Crippen LogP contribution in [0.3, 0.4) is 0 Å². The summed E-state index contributed by atoms with van der Waals surface area (Å²) in [6.45, 7) is 7.99. The Morgan fingerprint density at radius 2 is 1.79 bits per heavy atom. The predicted octanol–water partition coefficient (Wildman–Crippen LogP) is 2.87. The highest BCUT2D eigenvalue weighted by molar-refractivity contribution is 7.89. The van der Waals surface area contributed by atoms with Gasteiger partial charge in [-0.15, -0.1) is 0 Å². The molecule has 3 heterocycles. The number of sulfonamides is 1. The fourth-order valence-corrected chi connectivity index (χ4v) is 5.73. The lowest BCUT2D eigenvalue weighted by atomic mass is 10.0. The van der Waals surface area contributed by atoms with Gasteiger partial charge in [0.15, 0.2) is 5.66 Å². The van der Waals surface area contributed by atoms with Crippen LogP contribution in [0.4, 0.5) is 0 Å². The van der Waals surface area contributed by atoms with Crippen molar-refractivity contribution in [1.29, 1.82) is 0 Å². The molecule has 2 aromatic heterocycles. The van der Waals surface area contributed by atoms with E-state index in [-0.39, 0.29) is 10.9 Å². The molecule has 34 heavy (non-hydrogen) atoms. The highest BCUT2D eigenvalue weighted by Crippen LogP contribution is 2.25. The lowest BCUT2D eigenvalue weighted by molar-refractivity contribution is 0.286. The molecule has 0 spiro atoms. The van der Waals surface area contributed by atoms with Gasteiger partial charge in [0.1, 0.15) is 11.1 Å². The van der Waals surface area contributed by atoms with Crippen LogP contribution in [-0.2, 0) is 22.9 Å². The molecule has 1 aromatic carbocycles. The van der Waals surface area contributed by atoms with Crippen molar-refractivity contribution in [2.75, 3.05) is 7.05 Å². The van der Waals surface area contributed by atoms with E-state index in [4.69, 9.17) is 14.5 Å². The van der Waals surface area contributed by atoms with Crippen molar-refractivity contribution in [2.45, 2.75) is 63.6 Å². The lowest BCUT2D eigenvalue weighted by Crippen LogP contribution is -2.39. The fraction of sp³-hybridized carbons (Fsp3) is 0.440. The largest absolute Gasteiger partial charge is 0.361 e. The Labute approximate surface area is 200 Å². The molecule has 0 fully saturated rings. The summed E-state index contributed by atoms with van der Waals surface area (Å²) < 4.78 is 33.7. The van der Waals surface area contributed by atoms with Gasteiger partial charge in [0.25, 0.3) is 0 Å². The summed E-state index contributed by atoms with van der Waals surface area (Å²) in [5.74, 6) is 1.02. The van der Waals surface area contributed by atoms with Gasteiger partial charge in [-0.3, -0.25) is 15.0 Å². The topological polar surface area (TPSA) is 101 Å². The number of pyridine rings is 1. The Bertz CT molecular complexity index is 1350. The lowest BCUT2D eigenvalue weighted by Gasteiger charge is -2.28. The van der Waals surface area contributed by atoms with Crippen molar-refractivity contribution < 1.29 is 12.9 Å². The minimum atomic E-state index is -3.68. The SMILES string of the molecule is Cc1cc(CC(CC(C)C)N(C)S(=O)(=O)c2ccc(CC3(C)N=c4ccncc4=N3)cc2)on1. The molecule has 0 saturated heterocycles. The van der Waals surface area contributed by atoms with Crippen LogP contribution in [-0.4, -0.2) is 41.6 Å². The van der Waals surface area contributed by atoms with E-state index >= 15 is 0 Å². The standard InChI is InChI=1S/C25H31N5O3S/c1-17(2)12-20(14-21-13-18(3)29-33-21)30(5)34(31,32)22-8-6-19(7-9-22)15-25(4)27-23-10-11-26-16-24(23)28-25/h6-11,13,16-17,20H,12,14-15H2,1-5H3. The molecular formula is C25H31N5O3S. The van der Waals surface area contributed by atoms with E-state index in [1.54, 1.807) is 31.6 Å². The normalized spacial score (nSPS) is 18.6. The first-order valence-electron chi connectivity index (χ1n) is 11.4. The summed E-state index contributed by atoms with van der Waals surface area (Å²) in [7, 11) is -2.04. The van der Waals surface area contributed by atoms with Crippen LogP contribution < -0.4 is 10.7 Å². The average molecular weight is 482 g/mol. The van der Waals surface area contributed by atoms with Crippen molar-refractivity contribution in [1.82, 2.24) is 14.4 Å². The Hall–Kier alpha value is -2.91. The van der Waals surface area contributed by atoms with E-state index < -0.39 is 15.7 Å². The van der Waals surface area contributed by atoms with Gasteiger partial charge in [-0.2, -0.15) is 4.31 Å². The molecule has 9 heteroatoms. The number of hydrogen-bond donors (Lipinski definition) is 0. The summed E-state index contributed by atoms with van der Waals surface area (Å²) in [4.78, 5) is 13.8. The number of nitrogens with zero attached hydrogens (tertiary/aromatic N) is 5. The van der Waals surface area contributed by atoms with Crippen molar-refractivity contribution in [3.63, 3.8) is 0 Å². The molecule has 180 valence electrons. The summed E-state index contributed by atoms with van der Waals surface area (Å²) >= 11 is 0. The van der Waals surface area contributed by atoms with E-state index in [2.05, 4.69) is 24.0 Å². The third-order valence-electron chi connectivity index (χ3n) is 6.01. The Balaban J connectivity index is 1.52. The number of benzene rings is 1. The first-order valence-corrected chi connectivity index (χ1v) is 12.9. The third-order valence-corrected chi connectivity index (χ3v) is 7.94. The maximum absolute atomic E-state index is 13.5. The number of aromatic nitrogens is 2. The quantitative estimate of drug-likeness (QED) is 0.468. The predicted molar refractivity (Wildman–Crippen MR) is 128 cm³/mol. The molecule has 0 N–H and O–H groups in total. The number of likely N-dealkylation sites (N-methyl/N-ethyl adjacent to an activating group) is 1. The van der Waals surface area contributed by atoms with Gasteiger partial charge in [-0.25, -0.2) is 8.42 Å². The van der Waals surface area contributed by atoms with Gasteiger partial charge in [-0.05, 0) is 49.9 Å². The Morgan fingerprint density at radius 1 is 1.09 bits per heavy atom. The number of hydrogen-bond acceptors (Lipinski definition) is 7. The molecule has 0 amide bonds. The molecule has 1 aliphatic rings. The summed E-state index contributed by atoms with van der Waals surface area (Å²) in [6, 6.07) is 10.5. The second-order valence-corrected chi connectivity index (χ2v) is 11.6. The van der Waals surface area contributed by atoms with Gasteiger partial charge < -0.3 is 4.52 Å². The zero-order valence-corrected chi connectivity index (χ0v) is 21.1. The Kier molecular flexibility index (Phi) is 6.69. The smallest absolute Gasteiger partial charge is 0.243 e. The summed E-state index contributed by atoms with van der Waals surface area (Å²) in [5.41, 5.74) is 1.13. The molecule has 4 rings (SSSR count). The number of rotatable bonds is 9. The minimum Gasteiger partial charge on any atom is -0.361 e. The molecule has 2 atom stereocenters. The zero-order valence-electron chi connectivity index (χ0n) is 20.3. The summed E-state index contributed by atoms with van der Waals surface area (Å²) in [6.07, 6.45) is 5.17. The van der Waals surface area contributed by atoms with Crippen molar-refractivity contribution >= 4 is 10.0 Å². The first kappa shape index (κ1) is 24.2. The number of aryl methyl sites for hydroxylation is 1. The van der Waals surface area contributed by atoms with E-state index in [9.17, 15) is 8.42 Å². The maximum Gasteiger partial charge on any atom is 0.243 e. The van der Waals surface area contributed by atoms with Crippen molar-refractivity contribution in [2.24, 2.45) is 15.9 Å². The highest BCUT2D eigenvalue weighted by atomic mass is 32.2. The second-order valence-electron chi connectivity index (χ2n) is 9.57. The summed E-state index contributed by atoms with van der Waals surface area (Å²) in [5, 5.41) is 5.55. The molecule has 1 aliphatic heterocycles. The van der Waals surface area contributed by atoms with E-state index in [1.807, 2.05) is 38.1 Å². The van der Waals surface area contributed by atoms with Crippen molar-refractivity contribution in [3.05, 3.63) is 76.5 Å². The van der Waals surface area contributed by atoms with Gasteiger partial charge in [0.05, 0.1) is 22.1 Å². The zero-order chi connectivity index (χ0) is 24.5. The van der Waals surface area contributed by atoms with Crippen LogP contribution >= 0.6 is 0 Å². The highest BCUT2D eigenvalue weighted by Gasteiger charge is 2.30. The van der Waals surface area contributed by atoms with Crippen LogP contribution in [0.15, 0.2) is 68.2 Å². The molecule has 0 saturated carbocycles. The molecule has 0 aliphatic carbocycles. The average Bonchev–Trinajstić information content (AvgIpc) is 3.34. The van der Waals surface area contributed by atoms with Crippen LogP contribution in [0.2, 0.25) is 0 Å². The Morgan fingerprint density at radius 3 is 2.41 bits per heavy atom. The minimum absolute atomic E-state index is 0.237. The van der Waals surface area contributed by atoms with Crippen LogP contribution in [0.1, 0.15) is 44.2 Å². The van der Waals surface area contributed by atoms with Gasteiger partial charge in [-0.1, -0.05) is 31.1 Å². The second kappa shape index (κ2) is 9.38. The molecule has 0 radical (unpaired) electrons. The van der Waals surface area contributed by atoms with E-state index in [0.29, 0.717) is 30.9 Å². The van der Waals surface area contributed by atoms with Crippen LogP contribution in [0, 0.1) is 12.8 Å². The molecule has 0 bridgehead atoms. The monoisotopic (exact) mass is 481 g/mol. The molecule has 3 aromatic rings. The van der Waals surface area contributed by atoms with E-state index in [1.165, 1.54) is 4.31 Å². The van der Waals surface area contributed by atoms with Crippen LogP contribution in [0.5, 0.6) is 0 Å². The van der Waals surface area contributed by atoms with E-state index in [0.717, 1.165) is 22.0 Å². The molecule has 2 unspecified atom stereocenters. The third kappa shape index (κ3) is 5.26. The molecule has 8 nitrogen and oxygen atoms in total. The van der Waals surface area contributed by atoms with Gasteiger partial charge >= 0.3 is 0 Å².